The van der Waals surface area contributed by atoms with Crippen LogP contribution < -0.4 is 5.32 Å². The van der Waals surface area contributed by atoms with Crippen LogP contribution in [0.3, 0.4) is 0 Å². The van der Waals surface area contributed by atoms with Crippen molar-refractivity contribution < 1.29 is 9.18 Å². The molecule has 0 bridgehead atoms. The number of benzene rings is 2. The number of halogens is 2. The van der Waals surface area contributed by atoms with Crippen molar-refractivity contribution in [1.82, 2.24) is 14.7 Å². The highest BCUT2D eigenvalue weighted by Crippen LogP contribution is 2.25. The first-order valence-electron chi connectivity index (χ1n) is 9.66. The Morgan fingerprint density at radius 3 is 2.55 bits per heavy atom. The molecule has 4 rings (SSSR count). The fourth-order valence-corrected chi connectivity index (χ4v) is 3.85. The quantitative estimate of drug-likeness (QED) is 0.670. The monoisotopic (exact) mass is 412 g/mol. The van der Waals surface area contributed by atoms with Gasteiger partial charge in [0, 0.05) is 41.1 Å². The first-order chi connectivity index (χ1) is 14.1. The van der Waals surface area contributed by atoms with E-state index in [0.717, 1.165) is 37.3 Å². The summed E-state index contributed by atoms with van der Waals surface area (Å²) in [5.41, 5.74) is 2.23. The molecule has 1 aromatic heterocycles. The molecule has 0 radical (unpaired) electrons. The highest BCUT2D eigenvalue weighted by Gasteiger charge is 2.26. The molecule has 1 aliphatic heterocycles. The van der Waals surface area contributed by atoms with Crippen molar-refractivity contribution in [3.63, 3.8) is 0 Å². The predicted octanol–water partition coefficient (Wildman–Crippen LogP) is 4.52. The molecule has 0 atom stereocenters. The number of carbonyl (C=O) groups is 1. The minimum Gasteiger partial charge on any atom is -0.326 e. The molecule has 7 heteroatoms. The molecule has 150 valence electrons. The molecule has 2 heterocycles. The summed E-state index contributed by atoms with van der Waals surface area (Å²) in [4.78, 5) is 14.8. The first kappa shape index (κ1) is 19.6. The molecule has 3 aromatic rings. The normalized spacial score (nSPS) is 15.4. The summed E-state index contributed by atoms with van der Waals surface area (Å²) < 4.78 is 15.8. The number of nitrogens with zero attached hydrogens (tertiary/aromatic N) is 3. The van der Waals surface area contributed by atoms with Gasteiger partial charge in [0.15, 0.2) is 0 Å². The van der Waals surface area contributed by atoms with Crippen molar-refractivity contribution in [2.24, 2.45) is 5.92 Å². The summed E-state index contributed by atoms with van der Waals surface area (Å²) in [7, 11) is 0. The molecule has 1 aliphatic rings. The largest absolute Gasteiger partial charge is 0.326 e. The van der Waals surface area contributed by atoms with Crippen LogP contribution in [0, 0.1) is 11.7 Å². The minimum atomic E-state index is -0.282. The zero-order valence-electron chi connectivity index (χ0n) is 15.9. The van der Waals surface area contributed by atoms with Crippen LogP contribution in [-0.2, 0) is 11.3 Å². The van der Waals surface area contributed by atoms with Gasteiger partial charge >= 0.3 is 0 Å². The molecule has 0 spiro atoms. The zero-order valence-corrected chi connectivity index (χ0v) is 16.6. The second kappa shape index (κ2) is 8.76. The lowest BCUT2D eigenvalue weighted by Gasteiger charge is -2.31. The summed E-state index contributed by atoms with van der Waals surface area (Å²) in [5, 5.41) is 7.64. The van der Waals surface area contributed by atoms with Crippen molar-refractivity contribution in [2.45, 2.75) is 19.4 Å². The van der Waals surface area contributed by atoms with Crippen LogP contribution in [0.5, 0.6) is 0 Å². The van der Waals surface area contributed by atoms with Crippen molar-refractivity contribution >= 4 is 23.2 Å². The molecule has 1 fully saturated rings. The summed E-state index contributed by atoms with van der Waals surface area (Å²) in [6.07, 6.45) is 5.07. The molecule has 1 amide bonds. The average Bonchev–Trinajstić information content (AvgIpc) is 3.27. The minimum absolute atomic E-state index is 0.0282. The maximum Gasteiger partial charge on any atom is 0.227 e. The molecule has 2 aromatic carbocycles. The Balaban J connectivity index is 1.30. The lowest BCUT2D eigenvalue weighted by Crippen LogP contribution is -2.38. The third kappa shape index (κ3) is 4.66. The molecular weight excluding hydrogens is 391 g/mol. The molecule has 5 nitrogen and oxygen atoms in total. The maximum atomic E-state index is 14.0. The Morgan fingerprint density at radius 1 is 1.14 bits per heavy atom. The van der Waals surface area contributed by atoms with E-state index in [1.54, 1.807) is 23.0 Å². The third-order valence-electron chi connectivity index (χ3n) is 5.31. The number of aromatic nitrogens is 2. The number of carbonyl (C=O) groups excluding carboxylic acids is 1. The topological polar surface area (TPSA) is 50.2 Å². The fraction of sp³-hybridized carbons (Fsp3) is 0.273. The van der Waals surface area contributed by atoms with Gasteiger partial charge in [-0.3, -0.25) is 9.69 Å². The Bertz CT molecular complexity index is 947. The van der Waals surface area contributed by atoms with Crippen LogP contribution in [0.4, 0.5) is 10.1 Å². The van der Waals surface area contributed by atoms with Gasteiger partial charge in [-0.25, -0.2) is 9.07 Å². The van der Waals surface area contributed by atoms with E-state index in [0.29, 0.717) is 17.1 Å². The number of likely N-dealkylation sites (tertiary alicyclic amines) is 1. The van der Waals surface area contributed by atoms with Gasteiger partial charge in [0.1, 0.15) is 5.82 Å². The van der Waals surface area contributed by atoms with E-state index in [4.69, 9.17) is 11.6 Å². The molecule has 1 saturated heterocycles. The number of rotatable bonds is 5. The standard InChI is InChI=1S/C22H22ClFN4O/c23-20-3-1-4-21(24)19(20)15-27-13-9-16(10-14-27)22(29)26-17-5-7-18(8-6-17)28-12-2-11-25-28/h1-8,11-12,16H,9-10,13-15H2,(H,26,29). The van der Waals surface area contributed by atoms with E-state index in [-0.39, 0.29) is 17.6 Å². The third-order valence-corrected chi connectivity index (χ3v) is 5.66. The van der Waals surface area contributed by atoms with Crippen LogP contribution in [0.25, 0.3) is 5.69 Å². The number of hydrogen-bond donors (Lipinski definition) is 1. The van der Waals surface area contributed by atoms with E-state index >= 15 is 0 Å². The maximum absolute atomic E-state index is 14.0. The van der Waals surface area contributed by atoms with Crippen LogP contribution >= 0.6 is 11.6 Å². The smallest absolute Gasteiger partial charge is 0.227 e. The Kier molecular flexibility index (Phi) is 5.92. The van der Waals surface area contributed by atoms with Crippen molar-refractivity contribution in [3.05, 3.63) is 77.3 Å². The molecule has 0 aliphatic carbocycles. The Labute approximate surface area is 174 Å². The lowest BCUT2D eigenvalue weighted by molar-refractivity contribution is -0.121. The average molecular weight is 413 g/mol. The Morgan fingerprint density at radius 2 is 1.90 bits per heavy atom. The second-order valence-electron chi connectivity index (χ2n) is 7.24. The lowest BCUT2D eigenvalue weighted by atomic mass is 9.95. The van der Waals surface area contributed by atoms with Crippen molar-refractivity contribution in [1.29, 1.82) is 0 Å². The van der Waals surface area contributed by atoms with E-state index in [1.807, 2.05) is 36.5 Å². The summed E-state index contributed by atoms with van der Waals surface area (Å²) >= 11 is 6.13. The van der Waals surface area contributed by atoms with Gasteiger partial charge in [-0.1, -0.05) is 17.7 Å². The van der Waals surface area contributed by atoms with Crippen molar-refractivity contribution in [2.75, 3.05) is 18.4 Å². The van der Waals surface area contributed by atoms with Gasteiger partial charge in [0.05, 0.1) is 5.69 Å². The van der Waals surface area contributed by atoms with Gasteiger partial charge in [0.2, 0.25) is 5.91 Å². The fourth-order valence-electron chi connectivity index (χ4n) is 3.62. The van der Waals surface area contributed by atoms with Gasteiger partial charge in [-0.05, 0) is 68.4 Å². The zero-order chi connectivity index (χ0) is 20.2. The van der Waals surface area contributed by atoms with Gasteiger partial charge in [-0.15, -0.1) is 0 Å². The molecule has 0 saturated carbocycles. The molecule has 29 heavy (non-hydrogen) atoms. The van der Waals surface area contributed by atoms with Crippen LogP contribution in [0.2, 0.25) is 5.02 Å². The van der Waals surface area contributed by atoms with E-state index < -0.39 is 0 Å². The summed E-state index contributed by atoms with van der Waals surface area (Å²) in [6.45, 7) is 1.94. The predicted molar refractivity (Wildman–Crippen MR) is 112 cm³/mol. The van der Waals surface area contributed by atoms with Crippen LogP contribution in [0.1, 0.15) is 18.4 Å². The number of hydrogen-bond acceptors (Lipinski definition) is 3. The molecular formula is C22H22ClFN4O. The van der Waals surface area contributed by atoms with Crippen LogP contribution in [0.15, 0.2) is 60.9 Å². The second-order valence-corrected chi connectivity index (χ2v) is 7.64. The van der Waals surface area contributed by atoms with Crippen LogP contribution in [-0.4, -0.2) is 33.7 Å². The summed E-state index contributed by atoms with van der Waals surface area (Å²) in [5.74, 6) is -0.301. The first-order valence-corrected chi connectivity index (χ1v) is 10.0. The van der Waals surface area contributed by atoms with E-state index in [2.05, 4.69) is 15.3 Å². The Hall–Kier alpha value is -2.70. The van der Waals surface area contributed by atoms with Gasteiger partial charge in [-0.2, -0.15) is 5.10 Å². The number of amides is 1. The molecule has 1 N–H and O–H groups in total. The highest BCUT2D eigenvalue weighted by atomic mass is 35.5. The highest BCUT2D eigenvalue weighted by molar-refractivity contribution is 6.31. The number of nitrogens with one attached hydrogen (secondary N) is 1. The molecule has 0 unspecified atom stereocenters. The van der Waals surface area contributed by atoms with Gasteiger partial charge in [0.25, 0.3) is 0 Å². The van der Waals surface area contributed by atoms with Gasteiger partial charge < -0.3 is 5.32 Å². The summed E-state index contributed by atoms with van der Waals surface area (Å²) in [6, 6.07) is 14.2. The van der Waals surface area contributed by atoms with Crippen molar-refractivity contribution in [3.8, 4) is 5.69 Å². The van der Waals surface area contributed by atoms with E-state index in [9.17, 15) is 9.18 Å². The SMILES string of the molecule is O=C(Nc1ccc(-n2cccn2)cc1)C1CCN(Cc2c(F)cccc2Cl)CC1. The number of anilines is 1. The van der Waals surface area contributed by atoms with E-state index in [1.165, 1.54) is 6.07 Å². The number of piperidine rings is 1.